The predicted octanol–water partition coefficient (Wildman–Crippen LogP) is 6.03. The molecule has 3 heterocycles. The van der Waals surface area contributed by atoms with Gasteiger partial charge in [-0.3, -0.25) is 19.3 Å². The number of hydrogen-bond acceptors (Lipinski definition) is 8. The third-order valence-electron chi connectivity index (χ3n) is 7.06. The van der Waals surface area contributed by atoms with Gasteiger partial charge in [-0.25, -0.2) is 4.98 Å². The zero-order chi connectivity index (χ0) is 28.7. The minimum atomic E-state index is -0.970. The van der Waals surface area contributed by atoms with Crippen LogP contribution < -0.4 is 14.4 Å². The molecule has 0 aliphatic carbocycles. The van der Waals surface area contributed by atoms with Crippen molar-refractivity contribution in [1.82, 2.24) is 4.98 Å². The van der Waals surface area contributed by atoms with E-state index in [2.05, 4.69) is 18.8 Å². The van der Waals surface area contributed by atoms with Gasteiger partial charge in [0.25, 0.3) is 5.78 Å². The number of aromatic nitrogens is 1. The molecule has 0 spiro atoms. The number of ether oxygens (including phenoxy) is 2. The first kappa shape index (κ1) is 27.6. The third-order valence-corrected chi connectivity index (χ3v) is 8.32. The van der Waals surface area contributed by atoms with E-state index < -0.39 is 17.7 Å². The van der Waals surface area contributed by atoms with Crippen LogP contribution in [0.2, 0.25) is 0 Å². The van der Waals surface area contributed by atoms with Crippen LogP contribution in [-0.4, -0.2) is 40.3 Å². The number of ketones is 2. The molecular weight excluding hydrogens is 528 g/mol. The largest absolute Gasteiger partial charge is 0.507 e. The molecule has 1 aromatic heterocycles. The molecule has 1 N–H and O–H groups in total. The van der Waals surface area contributed by atoms with Crippen LogP contribution in [0, 0.1) is 12.8 Å². The molecule has 40 heavy (non-hydrogen) atoms. The number of hydrogen-bond donors (Lipinski definition) is 1. The maximum absolute atomic E-state index is 13.6. The van der Waals surface area contributed by atoms with E-state index in [1.165, 1.54) is 11.8 Å². The number of carbonyl (C=O) groups excluding carboxylic acids is 3. The Balaban J connectivity index is 1.64. The zero-order valence-electron chi connectivity index (χ0n) is 23.2. The number of amides is 1. The molecule has 0 saturated carbocycles. The van der Waals surface area contributed by atoms with Crippen molar-refractivity contribution in [3.63, 3.8) is 0 Å². The van der Waals surface area contributed by atoms with Crippen LogP contribution in [0.4, 0.5) is 5.13 Å². The summed E-state index contributed by atoms with van der Waals surface area (Å²) >= 11 is 1.06. The molecule has 208 valence electrons. The van der Waals surface area contributed by atoms with E-state index >= 15 is 0 Å². The second-order valence-corrected chi connectivity index (χ2v) is 11.7. The summed E-state index contributed by atoms with van der Waals surface area (Å²) in [6, 6.07) is 11.5. The van der Waals surface area contributed by atoms with Crippen molar-refractivity contribution in [2.24, 2.45) is 5.92 Å². The number of anilines is 1. The normalized spacial score (nSPS) is 19.7. The lowest BCUT2D eigenvalue weighted by Crippen LogP contribution is -2.29. The predicted molar refractivity (Wildman–Crippen MR) is 153 cm³/mol. The number of aryl methyl sites for hydroxylation is 1. The zero-order valence-corrected chi connectivity index (χ0v) is 24.0. The fourth-order valence-electron chi connectivity index (χ4n) is 5.07. The molecule has 0 bridgehead atoms. The summed E-state index contributed by atoms with van der Waals surface area (Å²) in [4.78, 5) is 45.5. The molecule has 1 fully saturated rings. The molecule has 1 amide bonds. The average Bonchev–Trinajstić information content (AvgIpc) is 3.55. The van der Waals surface area contributed by atoms with Crippen molar-refractivity contribution >= 4 is 39.7 Å². The Morgan fingerprint density at radius 3 is 2.70 bits per heavy atom. The van der Waals surface area contributed by atoms with Crippen LogP contribution in [0.5, 0.6) is 11.5 Å². The van der Waals surface area contributed by atoms with Crippen LogP contribution in [-0.2, 0) is 16.0 Å². The van der Waals surface area contributed by atoms with Gasteiger partial charge >= 0.3 is 5.91 Å². The number of rotatable bonds is 8. The standard InChI is InChI=1S/C31H32N2O6S/c1-16(2)11-12-38-23-8-6-7-20(15-23)26-25(27(35)21-9-10-24-22(14-21)13-17(3)39-24)28(36)30(37)33(26)31-32-18(4)29(40-31)19(5)34/h6-10,14-17,26,35H,11-13H2,1-5H3/b27-25+/t17-,26-/m0/s1. The van der Waals surface area contributed by atoms with Crippen molar-refractivity contribution in [2.75, 3.05) is 11.5 Å². The topological polar surface area (TPSA) is 106 Å². The first-order chi connectivity index (χ1) is 19.0. The smallest absolute Gasteiger partial charge is 0.301 e. The molecule has 2 aromatic carbocycles. The van der Waals surface area contributed by atoms with Gasteiger partial charge in [0.15, 0.2) is 10.9 Å². The second-order valence-electron chi connectivity index (χ2n) is 10.7. The van der Waals surface area contributed by atoms with Gasteiger partial charge in [-0.2, -0.15) is 0 Å². The van der Waals surface area contributed by atoms with Crippen LogP contribution in [0.3, 0.4) is 0 Å². The fraction of sp³-hybridized carbons (Fsp3) is 0.355. The Labute approximate surface area is 237 Å². The molecular formula is C31H32N2O6S. The summed E-state index contributed by atoms with van der Waals surface area (Å²) in [5, 5.41) is 11.8. The maximum Gasteiger partial charge on any atom is 0.301 e. The van der Waals surface area contributed by atoms with Crippen LogP contribution >= 0.6 is 11.3 Å². The molecule has 5 rings (SSSR count). The summed E-state index contributed by atoms with van der Waals surface area (Å²) < 4.78 is 11.8. The highest BCUT2D eigenvalue weighted by molar-refractivity contribution is 7.18. The number of aliphatic hydroxyl groups is 1. The lowest BCUT2D eigenvalue weighted by Gasteiger charge is -2.23. The fourth-order valence-corrected chi connectivity index (χ4v) is 6.06. The van der Waals surface area contributed by atoms with E-state index in [0.29, 0.717) is 46.4 Å². The highest BCUT2D eigenvalue weighted by Gasteiger charge is 2.48. The van der Waals surface area contributed by atoms with Gasteiger partial charge in [0.05, 0.1) is 28.8 Å². The van der Waals surface area contributed by atoms with Gasteiger partial charge < -0.3 is 14.6 Å². The number of benzene rings is 2. The van der Waals surface area contributed by atoms with Gasteiger partial charge in [0.1, 0.15) is 23.4 Å². The van der Waals surface area contributed by atoms with Crippen LogP contribution in [0.15, 0.2) is 48.0 Å². The first-order valence-electron chi connectivity index (χ1n) is 13.4. The molecule has 0 unspecified atom stereocenters. The summed E-state index contributed by atoms with van der Waals surface area (Å²) in [5.41, 5.74) is 2.35. The number of thiazole rings is 1. The van der Waals surface area contributed by atoms with Gasteiger partial charge in [0.2, 0.25) is 0 Å². The van der Waals surface area contributed by atoms with Gasteiger partial charge in [-0.1, -0.05) is 37.3 Å². The van der Waals surface area contributed by atoms with E-state index in [9.17, 15) is 19.5 Å². The maximum atomic E-state index is 13.6. The number of fused-ring (bicyclic) bond motifs is 1. The lowest BCUT2D eigenvalue weighted by atomic mass is 9.94. The van der Waals surface area contributed by atoms with Gasteiger partial charge in [-0.15, -0.1) is 0 Å². The summed E-state index contributed by atoms with van der Waals surface area (Å²) in [7, 11) is 0. The van der Waals surface area contributed by atoms with Crippen LogP contribution in [0.1, 0.15) is 72.2 Å². The Bertz CT molecular complexity index is 1540. The first-order valence-corrected chi connectivity index (χ1v) is 14.2. The quantitative estimate of drug-likeness (QED) is 0.155. The van der Waals surface area contributed by atoms with Crippen molar-refractivity contribution in [2.45, 2.75) is 59.6 Å². The number of aliphatic hydroxyl groups excluding tert-OH is 1. The Morgan fingerprint density at radius 1 is 1.23 bits per heavy atom. The average molecular weight is 561 g/mol. The van der Waals surface area contributed by atoms with Crippen molar-refractivity contribution in [3.8, 4) is 11.5 Å². The number of Topliss-reactive ketones (excluding diaryl/α,β-unsaturated/α-hetero) is 2. The molecule has 1 saturated heterocycles. The number of nitrogens with zero attached hydrogens (tertiary/aromatic N) is 2. The van der Waals surface area contributed by atoms with Gasteiger partial charge in [0, 0.05) is 18.9 Å². The summed E-state index contributed by atoms with van der Waals surface area (Å²) in [5.74, 6) is -0.298. The molecule has 0 radical (unpaired) electrons. The summed E-state index contributed by atoms with van der Waals surface area (Å²) in [6.07, 6.45) is 1.56. The van der Waals surface area contributed by atoms with E-state index in [-0.39, 0.29) is 28.4 Å². The molecule has 8 nitrogen and oxygen atoms in total. The second kappa shape index (κ2) is 10.9. The van der Waals surface area contributed by atoms with E-state index in [1.54, 1.807) is 43.3 Å². The molecule has 2 atom stereocenters. The highest BCUT2D eigenvalue weighted by atomic mass is 32.1. The van der Waals surface area contributed by atoms with Crippen molar-refractivity contribution in [3.05, 3.63) is 75.3 Å². The molecule has 3 aromatic rings. The Morgan fingerprint density at radius 2 is 2.00 bits per heavy atom. The SMILES string of the molecule is CC(=O)c1sc(N2C(=O)C(=O)/C(=C(/O)c3ccc4c(c3)C[C@H](C)O4)[C@@H]2c2cccc(OCCC(C)C)c2)nc1C. The lowest BCUT2D eigenvalue weighted by molar-refractivity contribution is -0.132. The Hall–Kier alpha value is -3.98. The van der Waals surface area contributed by atoms with Crippen LogP contribution in [0.25, 0.3) is 5.76 Å². The van der Waals surface area contributed by atoms with Crippen molar-refractivity contribution in [1.29, 1.82) is 0 Å². The van der Waals surface area contributed by atoms with E-state index in [0.717, 1.165) is 29.1 Å². The number of carbonyl (C=O) groups is 3. The molecule has 2 aliphatic rings. The van der Waals surface area contributed by atoms with E-state index in [4.69, 9.17) is 9.47 Å². The third kappa shape index (κ3) is 5.13. The van der Waals surface area contributed by atoms with Gasteiger partial charge in [-0.05, 0) is 67.6 Å². The van der Waals surface area contributed by atoms with Crippen molar-refractivity contribution < 1.29 is 29.0 Å². The summed E-state index contributed by atoms with van der Waals surface area (Å²) in [6.45, 7) is 9.84. The minimum absolute atomic E-state index is 0.0139. The monoisotopic (exact) mass is 560 g/mol. The minimum Gasteiger partial charge on any atom is -0.507 e. The Kier molecular flexibility index (Phi) is 7.51. The molecule has 2 aliphatic heterocycles. The molecule has 9 heteroatoms. The van der Waals surface area contributed by atoms with E-state index in [1.807, 2.05) is 13.0 Å². The highest BCUT2D eigenvalue weighted by Crippen LogP contribution is 2.45.